The molecule has 0 radical (unpaired) electrons. The third kappa shape index (κ3) is 2.01. The van der Waals surface area contributed by atoms with Gasteiger partial charge < -0.3 is 5.11 Å². The van der Waals surface area contributed by atoms with E-state index in [1.54, 1.807) is 0 Å². The molecule has 1 heteroatoms. The molecule has 0 amide bonds. The molecule has 0 unspecified atom stereocenters. The molecule has 1 N–H and O–H groups in total. The monoisotopic (exact) mass is 170 g/mol. The molecular weight excluding hydrogens is 148 g/mol. The minimum absolute atomic E-state index is 0.0748. The second-order valence-electron chi connectivity index (χ2n) is 5.61. The Kier molecular flexibility index (Phi) is 2.53. The molecule has 0 saturated heterocycles. The van der Waals surface area contributed by atoms with Crippen LogP contribution in [0.2, 0.25) is 0 Å². The molecule has 0 aliphatic heterocycles. The molecule has 0 aromatic heterocycles. The van der Waals surface area contributed by atoms with E-state index in [0.717, 1.165) is 5.92 Å². The first-order valence-electron chi connectivity index (χ1n) is 5.02. The summed E-state index contributed by atoms with van der Waals surface area (Å²) >= 11 is 0. The normalized spacial score (nSPS) is 32.2. The Bertz CT molecular complexity index is 155. The van der Waals surface area contributed by atoms with E-state index in [9.17, 15) is 5.11 Å². The standard InChI is InChI=1S/C11H22O/c1-7(2)10(12)8-6-9(8)11(3,4)5/h7-10,12H,6H2,1-5H3/t8-,9+,10+/m1/s1. The Hall–Kier alpha value is -0.0400. The van der Waals surface area contributed by atoms with Crippen LogP contribution in [0.4, 0.5) is 0 Å². The van der Waals surface area contributed by atoms with Crippen molar-refractivity contribution in [1.82, 2.24) is 0 Å². The van der Waals surface area contributed by atoms with Crippen molar-refractivity contribution in [2.75, 3.05) is 0 Å². The molecule has 1 saturated carbocycles. The molecule has 1 fully saturated rings. The van der Waals surface area contributed by atoms with Crippen LogP contribution >= 0.6 is 0 Å². The lowest BCUT2D eigenvalue weighted by Gasteiger charge is -2.21. The SMILES string of the molecule is CC(C)[C@H](O)[C@@H]1C[C@@H]1C(C)(C)C. The summed E-state index contributed by atoms with van der Waals surface area (Å²) in [6.07, 6.45) is 1.15. The van der Waals surface area contributed by atoms with Crippen molar-refractivity contribution in [2.24, 2.45) is 23.2 Å². The molecule has 1 aliphatic carbocycles. The van der Waals surface area contributed by atoms with Gasteiger partial charge in [-0.15, -0.1) is 0 Å². The highest BCUT2D eigenvalue weighted by molar-refractivity contribution is 4.98. The molecule has 0 aromatic carbocycles. The van der Waals surface area contributed by atoms with Crippen LogP contribution in [-0.4, -0.2) is 11.2 Å². The zero-order chi connectivity index (χ0) is 9.52. The molecule has 1 aliphatic rings. The van der Waals surface area contributed by atoms with Crippen LogP contribution < -0.4 is 0 Å². The topological polar surface area (TPSA) is 20.2 Å². The van der Waals surface area contributed by atoms with Gasteiger partial charge in [-0.1, -0.05) is 34.6 Å². The Balaban J connectivity index is 2.42. The number of aliphatic hydroxyl groups excluding tert-OH is 1. The predicted octanol–water partition coefficient (Wildman–Crippen LogP) is 2.69. The fourth-order valence-corrected chi connectivity index (χ4v) is 2.08. The van der Waals surface area contributed by atoms with Crippen LogP contribution in [0.25, 0.3) is 0 Å². The maximum absolute atomic E-state index is 9.80. The van der Waals surface area contributed by atoms with Gasteiger partial charge in [-0.25, -0.2) is 0 Å². The first kappa shape index (κ1) is 10.0. The number of hydrogen-bond donors (Lipinski definition) is 1. The Morgan fingerprint density at radius 2 is 1.75 bits per heavy atom. The van der Waals surface area contributed by atoms with E-state index in [0.29, 0.717) is 17.3 Å². The molecule has 1 rings (SSSR count). The fourth-order valence-electron chi connectivity index (χ4n) is 2.08. The quantitative estimate of drug-likeness (QED) is 0.675. The molecule has 1 nitrogen and oxygen atoms in total. The van der Waals surface area contributed by atoms with Crippen LogP contribution in [0, 0.1) is 23.2 Å². The van der Waals surface area contributed by atoms with Crippen molar-refractivity contribution >= 4 is 0 Å². The highest BCUT2D eigenvalue weighted by Gasteiger charge is 2.49. The average molecular weight is 170 g/mol. The minimum atomic E-state index is -0.0748. The number of aliphatic hydroxyl groups is 1. The molecule has 0 heterocycles. The van der Waals surface area contributed by atoms with Gasteiger partial charge in [-0.2, -0.15) is 0 Å². The Morgan fingerprint density at radius 1 is 1.25 bits per heavy atom. The third-order valence-electron chi connectivity index (χ3n) is 3.07. The summed E-state index contributed by atoms with van der Waals surface area (Å²) in [6, 6.07) is 0. The summed E-state index contributed by atoms with van der Waals surface area (Å²) in [5.74, 6) is 1.74. The van der Waals surface area contributed by atoms with Crippen molar-refractivity contribution in [3.05, 3.63) is 0 Å². The average Bonchev–Trinajstić information content (AvgIpc) is 2.61. The summed E-state index contributed by atoms with van der Waals surface area (Å²) in [5.41, 5.74) is 0.389. The Morgan fingerprint density at radius 3 is 2.00 bits per heavy atom. The summed E-state index contributed by atoms with van der Waals surface area (Å²) < 4.78 is 0. The van der Waals surface area contributed by atoms with Gasteiger partial charge in [0.2, 0.25) is 0 Å². The van der Waals surface area contributed by atoms with Gasteiger partial charge in [-0.3, -0.25) is 0 Å². The summed E-state index contributed by atoms with van der Waals surface area (Å²) in [5, 5.41) is 9.80. The van der Waals surface area contributed by atoms with E-state index in [4.69, 9.17) is 0 Å². The van der Waals surface area contributed by atoms with Gasteiger partial charge in [0.1, 0.15) is 0 Å². The summed E-state index contributed by atoms with van der Waals surface area (Å²) in [7, 11) is 0. The van der Waals surface area contributed by atoms with Crippen LogP contribution in [0.15, 0.2) is 0 Å². The third-order valence-corrected chi connectivity index (χ3v) is 3.07. The summed E-state index contributed by atoms with van der Waals surface area (Å²) in [4.78, 5) is 0. The van der Waals surface area contributed by atoms with Gasteiger partial charge >= 0.3 is 0 Å². The van der Waals surface area contributed by atoms with E-state index in [1.165, 1.54) is 6.42 Å². The van der Waals surface area contributed by atoms with Crippen LogP contribution in [0.5, 0.6) is 0 Å². The molecule has 72 valence electrons. The maximum Gasteiger partial charge on any atom is 0.0594 e. The molecule has 0 aromatic rings. The number of rotatable bonds is 2. The minimum Gasteiger partial charge on any atom is -0.393 e. The number of hydrogen-bond acceptors (Lipinski definition) is 1. The lowest BCUT2D eigenvalue weighted by molar-refractivity contribution is 0.0883. The first-order valence-corrected chi connectivity index (χ1v) is 5.02. The van der Waals surface area contributed by atoms with Crippen LogP contribution in [0.3, 0.4) is 0 Å². The predicted molar refractivity (Wildman–Crippen MR) is 51.9 cm³/mol. The molecule has 3 atom stereocenters. The highest BCUT2D eigenvalue weighted by Crippen LogP contribution is 2.53. The highest BCUT2D eigenvalue weighted by atomic mass is 16.3. The fraction of sp³-hybridized carbons (Fsp3) is 1.00. The molecule has 12 heavy (non-hydrogen) atoms. The van der Waals surface area contributed by atoms with E-state index >= 15 is 0 Å². The lowest BCUT2D eigenvalue weighted by atomic mass is 9.87. The molecule has 0 spiro atoms. The van der Waals surface area contributed by atoms with Crippen LogP contribution in [0.1, 0.15) is 41.0 Å². The van der Waals surface area contributed by atoms with Gasteiger partial charge in [0, 0.05) is 0 Å². The van der Waals surface area contributed by atoms with Crippen molar-refractivity contribution in [1.29, 1.82) is 0 Å². The van der Waals surface area contributed by atoms with Gasteiger partial charge in [0.25, 0.3) is 0 Å². The van der Waals surface area contributed by atoms with E-state index in [-0.39, 0.29) is 6.10 Å². The van der Waals surface area contributed by atoms with Crippen molar-refractivity contribution in [3.8, 4) is 0 Å². The van der Waals surface area contributed by atoms with E-state index in [1.807, 2.05) is 0 Å². The maximum atomic E-state index is 9.80. The van der Waals surface area contributed by atoms with Crippen molar-refractivity contribution in [3.63, 3.8) is 0 Å². The van der Waals surface area contributed by atoms with Crippen molar-refractivity contribution in [2.45, 2.75) is 47.1 Å². The molecular formula is C11H22O. The zero-order valence-electron chi connectivity index (χ0n) is 8.96. The molecule has 0 bridgehead atoms. The first-order chi connectivity index (χ1) is 5.34. The Labute approximate surface area is 76.2 Å². The zero-order valence-corrected chi connectivity index (χ0v) is 8.96. The van der Waals surface area contributed by atoms with Gasteiger partial charge in [0.05, 0.1) is 6.10 Å². The van der Waals surface area contributed by atoms with Crippen molar-refractivity contribution < 1.29 is 5.11 Å². The second kappa shape index (κ2) is 3.02. The lowest BCUT2D eigenvalue weighted by Crippen LogP contribution is -2.21. The van der Waals surface area contributed by atoms with E-state index < -0.39 is 0 Å². The smallest absolute Gasteiger partial charge is 0.0594 e. The summed E-state index contributed by atoms with van der Waals surface area (Å²) in [6.45, 7) is 11.0. The van der Waals surface area contributed by atoms with Gasteiger partial charge in [-0.05, 0) is 29.6 Å². The van der Waals surface area contributed by atoms with Crippen LogP contribution in [-0.2, 0) is 0 Å². The largest absolute Gasteiger partial charge is 0.393 e. The second-order valence-corrected chi connectivity index (χ2v) is 5.61. The van der Waals surface area contributed by atoms with E-state index in [2.05, 4.69) is 34.6 Å². The van der Waals surface area contributed by atoms with Gasteiger partial charge in [0.15, 0.2) is 0 Å².